The van der Waals surface area contributed by atoms with Gasteiger partial charge in [0.2, 0.25) is 0 Å². The molecule has 130 valence electrons. The van der Waals surface area contributed by atoms with Crippen LogP contribution in [0.3, 0.4) is 0 Å². The number of rotatable bonds is 6. The van der Waals surface area contributed by atoms with Crippen molar-refractivity contribution in [2.75, 3.05) is 6.54 Å². The molecule has 2 N–H and O–H groups in total. The second-order valence-corrected chi connectivity index (χ2v) is 10.1. The van der Waals surface area contributed by atoms with E-state index in [0.29, 0.717) is 10.8 Å². The molecule has 1 rings (SSSR count). The van der Waals surface area contributed by atoms with Gasteiger partial charge in [-0.05, 0) is 36.1 Å². The summed E-state index contributed by atoms with van der Waals surface area (Å²) in [5.74, 6) is 0.938. The van der Waals surface area contributed by atoms with Crippen molar-refractivity contribution in [3.8, 4) is 0 Å². The van der Waals surface area contributed by atoms with Gasteiger partial charge in [-0.15, -0.1) is 0 Å². The normalized spacial score (nSPS) is 25.0. The van der Waals surface area contributed by atoms with E-state index in [9.17, 15) is 0 Å². The van der Waals surface area contributed by atoms with Crippen LogP contribution in [-0.2, 0) is 0 Å². The van der Waals surface area contributed by atoms with Crippen LogP contribution in [0.2, 0.25) is 0 Å². The van der Waals surface area contributed by atoms with Crippen molar-refractivity contribution in [1.82, 2.24) is 0 Å². The molecule has 0 radical (unpaired) electrons. The summed E-state index contributed by atoms with van der Waals surface area (Å²) in [6.45, 7) is 26.9. The minimum Gasteiger partial charge on any atom is -0.343 e. The summed E-state index contributed by atoms with van der Waals surface area (Å²) in [6.07, 6.45) is 4.82. The Bertz CT molecular complexity index is 300. The van der Waals surface area contributed by atoms with Crippen LogP contribution < -0.4 is 5.73 Å². The molecule has 0 spiro atoms. The maximum Gasteiger partial charge on any atom is 2.00 e. The third kappa shape index (κ3) is 10.7. The van der Waals surface area contributed by atoms with Crippen LogP contribution in [0.25, 0.3) is 0 Å². The Hall–Kier alpha value is 1.01. The topological polar surface area (TPSA) is 26.0 Å². The van der Waals surface area contributed by atoms with Crippen molar-refractivity contribution in [2.24, 2.45) is 33.3 Å². The van der Waals surface area contributed by atoms with Gasteiger partial charge in [0.15, 0.2) is 0 Å². The molecule has 2 atom stereocenters. The van der Waals surface area contributed by atoms with Gasteiger partial charge in [-0.1, -0.05) is 67.2 Å². The van der Waals surface area contributed by atoms with Crippen molar-refractivity contribution in [2.45, 2.75) is 81.1 Å². The van der Waals surface area contributed by atoms with Crippen LogP contribution in [-0.4, -0.2) is 6.54 Å². The van der Waals surface area contributed by atoms with E-state index >= 15 is 0 Å². The first-order valence-corrected chi connectivity index (χ1v) is 8.51. The van der Waals surface area contributed by atoms with E-state index in [1.54, 1.807) is 0 Å². The van der Waals surface area contributed by atoms with Crippen LogP contribution in [0, 0.1) is 72.5 Å². The Morgan fingerprint density at radius 2 is 1.50 bits per heavy atom. The van der Waals surface area contributed by atoms with Crippen LogP contribution in [0.4, 0.5) is 0 Å². The summed E-state index contributed by atoms with van der Waals surface area (Å²) in [5, 5.41) is 0. The summed E-state index contributed by atoms with van der Waals surface area (Å²) in [5.41, 5.74) is 7.16. The standard InChI is InChI=1S/C10H22N.C10H19.U/c1-6-9(2,3)7-10(4,5)8-11;1-8-6-10(8,5)7-9(2,3)4;/h1,6-8,11H2,2-5H3;8H,2,6-7H2,1,3-5H3;/q2*-1;+2. The van der Waals surface area contributed by atoms with Crippen molar-refractivity contribution in [1.29, 1.82) is 0 Å². The molecule has 0 aliphatic heterocycles. The summed E-state index contributed by atoms with van der Waals surface area (Å²) in [7, 11) is 0. The molecule has 2 unspecified atom stereocenters. The molecule has 1 saturated carbocycles. The number of hydrogen-bond donors (Lipinski definition) is 1. The number of nitrogens with two attached hydrogens (primary N) is 1. The van der Waals surface area contributed by atoms with Gasteiger partial charge < -0.3 is 19.6 Å². The maximum absolute atomic E-state index is 5.65. The van der Waals surface area contributed by atoms with Crippen LogP contribution in [0.15, 0.2) is 0 Å². The molecule has 1 aliphatic carbocycles. The predicted molar refractivity (Wildman–Crippen MR) is 96.9 cm³/mol. The van der Waals surface area contributed by atoms with Crippen molar-refractivity contribution >= 4 is 0 Å². The molecular formula is C20H41NU. The van der Waals surface area contributed by atoms with Gasteiger partial charge in [0.1, 0.15) is 0 Å². The average Bonchev–Trinajstić information content (AvgIpc) is 2.82. The summed E-state index contributed by atoms with van der Waals surface area (Å²) >= 11 is 0. The zero-order valence-electron chi connectivity index (χ0n) is 16.6. The molecule has 1 nitrogen and oxygen atoms in total. The minimum absolute atomic E-state index is 0. The SMILES string of the molecule is [CH2-]C(C)(C)CC1(C)CC1C.[CH2-]CC(C)(C)CC(C)(C)CN.[U+2]. The molecule has 0 aromatic rings. The monoisotopic (exact) mass is 533 g/mol. The molecule has 22 heavy (non-hydrogen) atoms. The first-order chi connectivity index (χ1) is 9.16. The number of hydrogen-bond acceptors (Lipinski definition) is 1. The molecule has 0 aromatic carbocycles. The average molecular weight is 534 g/mol. The summed E-state index contributed by atoms with van der Waals surface area (Å²) in [4.78, 5) is 0. The molecule has 0 bridgehead atoms. The summed E-state index contributed by atoms with van der Waals surface area (Å²) in [6, 6.07) is 0. The van der Waals surface area contributed by atoms with Crippen molar-refractivity contribution in [3.63, 3.8) is 0 Å². The Balaban J connectivity index is 0. The van der Waals surface area contributed by atoms with E-state index in [2.05, 4.69) is 69.2 Å². The van der Waals surface area contributed by atoms with Gasteiger partial charge in [-0.25, -0.2) is 0 Å². The quantitative estimate of drug-likeness (QED) is 0.423. The molecule has 1 aliphatic rings. The Kier molecular flexibility index (Phi) is 10.2. The van der Waals surface area contributed by atoms with Crippen molar-refractivity contribution < 1.29 is 31.1 Å². The molecule has 0 aromatic heterocycles. The van der Waals surface area contributed by atoms with Crippen LogP contribution in [0.1, 0.15) is 81.1 Å². The third-order valence-electron chi connectivity index (χ3n) is 4.87. The minimum atomic E-state index is 0. The first-order valence-electron chi connectivity index (χ1n) is 8.51. The van der Waals surface area contributed by atoms with Gasteiger partial charge in [0, 0.05) is 0 Å². The molecule has 0 heterocycles. The van der Waals surface area contributed by atoms with Crippen molar-refractivity contribution in [3.05, 3.63) is 13.8 Å². The van der Waals surface area contributed by atoms with E-state index in [-0.39, 0.29) is 41.9 Å². The van der Waals surface area contributed by atoms with E-state index in [4.69, 9.17) is 5.73 Å². The van der Waals surface area contributed by atoms with Gasteiger partial charge in [0.25, 0.3) is 0 Å². The Labute approximate surface area is 165 Å². The smallest absolute Gasteiger partial charge is 0.343 e. The van der Waals surface area contributed by atoms with E-state index < -0.39 is 0 Å². The second kappa shape index (κ2) is 8.92. The van der Waals surface area contributed by atoms with Gasteiger partial charge in [-0.3, -0.25) is 0 Å². The van der Waals surface area contributed by atoms with Gasteiger partial charge in [0.05, 0.1) is 0 Å². The van der Waals surface area contributed by atoms with Crippen LogP contribution in [0.5, 0.6) is 0 Å². The molecule has 1 fully saturated rings. The van der Waals surface area contributed by atoms with E-state index in [1.807, 2.05) is 0 Å². The Morgan fingerprint density at radius 1 is 1.09 bits per heavy atom. The molecule has 0 amide bonds. The fourth-order valence-electron chi connectivity index (χ4n) is 3.44. The zero-order chi connectivity index (χ0) is 17.1. The maximum atomic E-state index is 5.65. The molecular weight excluding hydrogens is 492 g/mol. The van der Waals surface area contributed by atoms with E-state index in [1.165, 1.54) is 12.8 Å². The fourth-order valence-corrected chi connectivity index (χ4v) is 3.44. The van der Waals surface area contributed by atoms with Crippen LogP contribution >= 0.6 is 0 Å². The largest absolute Gasteiger partial charge is 2.00 e. The molecule has 2 heteroatoms. The second-order valence-electron chi connectivity index (χ2n) is 10.1. The molecule has 0 saturated heterocycles. The van der Waals surface area contributed by atoms with E-state index in [0.717, 1.165) is 25.3 Å². The first kappa shape index (κ1) is 25.3. The third-order valence-corrected chi connectivity index (χ3v) is 4.87. The summed E-state index contributed by atoms with van der Waals surface area (Å²) < 4.78 is 0. The Morgan fingerprint density at radius 3 is 1.68 bits per heavy atom. The zero-order valence-corrected chi connectivity index (χ0v) is 20.8. The van der Waals surface area contributed by atoms with Gasteiger partial charge >= 0.3 is 31.1 Å². The predicted octanol–water partition coefficient (Wildman–Crippen LogP) is 5.89. The van der Waals surface area contributed by atoms with Gasteiger partial charge in [-0.2, -0.15) is 11.8 Å². The fraction of sp³-hybridized carbons (Fsp3) is 0.900.